The largest absolute Gasteiger partial charge is 0.456 e. The molecule has 0 N–H and O–H groups in total. The Morgan fingerprint density at radius 1 is 0.642 bits per heavy atom. The van der Waals surface area contributed by atoms with Crippen LogP contribution in [0.1, 0.15) is 29.0 Å². The minimum absolute atomic E-state index is 0.211. The van der Waals surface area contributed by atoms with Gasteiger partial charge in [0.25, 0.3) is 0 Å². The number of furan rings is 1. The van der Waals surface area contributed by atoms with Crippen LogP contribution in [0.25, 0.3) is 77.2 Å². The summed E-state index contributed by atoms with van der Waals surface area (Å²) in [5.41, 5.74) is 13.3. The zero-order valence-electron chi connectivity index (χ0n) is 37.2. The molecule has 1 aliphatic carbocycles. The molecule has 0 saturated heterocycles. The molecule has 1 unspecified atom stereocenters. The van der Waals surface area contributed by atoms with Crippen LogP contribution >= 0.6 is 11.3 Å². The fraction of sp³-hybridized carbons (Fsp3) is 0.0312. The Kier molecular flexibility index (Phi) is 12.7. The Morgan fingerprint density at radius 2 is 1.39 bits per heavy atom. The third-order valence-electron chi connectivity index (χ3n) is 12.3. The second kappa shape index (κ2) is 19.9. The number of hydrogen-bond acceptors (Lipinski definition) is 3. The van der Waals surface area contributed by atoms with Gasteiger partial charge in [-0.15, -0.1) is 11.3 Å². The van der Waals surface area contributed by atoms with Crippen molar-refractivity contribution in [3.05, 3.63) is 289 Å². The van der Waals surface area contributed by atoms with E-state index in [1.807, 2.05) is 18.2 Å². The molecule has 10 rings (SSSR count). The van der Waals surface area contributed by atoms with Gasteiger partial charge in [-0.05, 0) is 133 Å². The SMILES string of the molecule is C=C/C=C\C(=C\c1ccc2oc3cc4ccccc4cc3c2c1)N(/C=C/C=C(C=C)/C=C/C=C\c1csc2ccccc12)C1=CCC(c2ccc(-c3ccccc3)c(-c3ccccc3)c2)C=C1. The Hall–Kier alpha value is -8.24. The molecule has 322 valence electrons. The molecular formula is C64H49NOS. The van der Waals surface area contributed by atoms with E-state index in [0.29, 0.717) is 0 Å². The predicted octanol–water partition coefficient (Wildman–Crippen LogP) is 18.2. The maximum absolute atomic E-state index is 6.38. The first-order valence-corrected chi connectivity index (χ1v) is 23.6. The minimum Gasteiger partial charge on any atom is -0.456 e. The average Bonchev–Trinajstić information content (AvgIpc) is 3.97. The zero-order valence-corrected chi connectivity index (χ0v) is 38.0. The normalized spacial score (nSPS) is 14.7. The number of hydrogen-bond donors (Lipinski definition) is 0. The molecule has 0 amide bonds. The van der Waals surface area contributed by atoms with Gasteiger partial charge < -0.3 is 9.32 Å². The molecule has 67 heavy (non-hydrogen) atoms. The third-order valence-corrected chi connectivity index (χ3v) is 13.3. The van der Waals surface area contributed by atoms with E-state index in [9.17, 15) is 0 Å². The summed E-state index contributed by atoms with van der Waals surface area (Å²) < 4.78 is 7.67. The van der Waals surface area contributed by atoms with Crippen LogP contribution in [0.4, 0.5) is 0 Å². The molecule has 1 atom stereocenters. The number of allylic oxidation sites excluding steroid dienone is 13. The Labute approximate surface area is 397 Å². The van der Waals surface area contributed by atoms with Crippen molar-refractivity contribution in [3.8, 4) is 22.3 Å². The van der Waals surface area contributed by atoms with Crippen LogP contribution in [0.5, 0.6) is 0 Å². The molecule has 1 aliphatic rings. The summed E-state index contributed by atoms with van der Waals surface area (Å²) in [7, 11) is 0. The van der Waals surface area contributed by atoms with Crippen LogP contribution in [-0.4, -0.2) is 4.90 Å². The van der Waals surface area contributed by atoms with Gasteiger partial charge in [-0.3, -0.25) is 0 Å². The van der Waals surface area contributed by atoms with E-state index in [1.165, 1.54) is 48.9 Å². The number of nitrogens with zero attached hydrogens (tertiary/aromatic N) is 1. The fourth-order valence-corrected chi connectivity index (χ4v) is 9.79. The van der Waals surface area contributed by atoms with E-state index < -0.39 is 0 Å². The van der Waals surface area contributed by atoms with E-state index in [0.717, 1.165) is 56.3 Å². The molecule has 0 aliphatic heterocycles. The molecule has 9 aromatic rings. The van der Waals surface area contributed by atoms with E-state index >= 15 is 0 Å². The van der Waals surface area contributed by atoms with Crippen molar-refractivity contribution in [2.45, 2.75) is 12.3 Å². The lowest BCUT2D eigenvalue weighted by Crippen LogP contribution is -2.16. The maximum Gasteiger partial charge on any atom is 0.136 e. The second-order valence-electron chi connectivity index (χ2n) is 16.6. The lowest BCUT2D eigenvalue weighted by Gasteiger charge is -2.27. The molecule has 3 heteroatoms. The molecule has 2 aromatic heterocycles. The van der Waals surface area contributed by atoms with Gasteiger partial charge in [0.2, 0.25) is 0 Å². The molecule has 0 saturated carbocycles. The fourth-order valence-electron chi connectivity index (χ4n) is 8.86. The summed E-state index contributed by atoms with van der Waals surface area (Å²) in [6.45, 7) is 8.18. The highest BCUT2D eigenvalue weighted by Crippen LogP contribution is 2.38. The summed E-state index contributed by atoms with van der Waals surface area (Å²) >= 11 is 1.77. The van der Waals surface area contributed by atoms with Crippen molar-refractivity contribution in [1.82, 2.24) is 4.90 Å². The maximum atomic E-state index is 6.38. The highest BCUT2D eigenvalue weighted by Gasteiger charge is 2.19. The molecule has 0 radical (unpaired) electrons. The van der Waals surface area contributed by atoms with Gasteiger partial charge >= 0.3 is 0 Å². The summed E-state index contributed by atoms with van der Waals surface area (Å²) in [4.78, 5) is 2.26. The van der Waals surface area contributed by atoms with Crippen LogP contribution < -0.4 is 0 Å². The number of benzene rings is 7. The molecule has 0 fully saturated rings. The Bertz CT molecular complexity index is 3530. The first-order valence-electron chi connectivity index (χ1n) is 22.7. The van der Waals surface area contributed by atoms with Crippen molar-refractivity contribution < 1.29 is 4.42 Å². The molecule has 0 spiro atoms. The van der Waals surface area contributed by atoms with Gasteiger partial charge in [-0.1, -0.05) is 195 Å². The Balaban J connectivity index is 0.995. The highest BCUT2D eigenvalue weighted by molar-refractivity contribution is 7.17. The van der Waals surface area contributed by atoms with E-state index in [4.69, 9.17) is 4.42 Å². The minimum atomic E-state index is 0.211. The summed E-state index contributed by atoms with van der Waals surface area (Å²) in [5.74, 6) is 0.211. The summed E-state index contributed by atoms with van der Waals surface area (Å²) in [5, 5.41) is 8.03. The first-order chi connectivity index (χ1) is 33.1. The number of rotatable bonds is 14. The number of fused-ring (bicyclic) bond motifs is 5. The number of thiophene rings is 1. The van der Waals surface area contributed by atoms with Crippen LogP contribution in [0.15, 0.2) is 277 Å². The van der Waals surface area contributed by atoms with Gasteiger partial charge in [0.15, 0.2) is 0 Å². The van der Waals surface area contributed by atoms with Gasteiger partial charge in [0, 0.05) is 39.0 Å². The smallest absolute Gasteiger partial charge is 0.136 e. The van der Waals surface area contributed by atoms with Crippen molar-refractivity contribution in [3.63, 3.8) is 0 Å². The van der Waals surface area contributed by atoms with Gasteiger partial charge in [-0.2, -0.15) is 0 Å². The van der Waals surface area contributed by atoms with Gasteiger partial charge in [0.05, 0.1) is 0 Å². The second-order valence-corrected chi connectivity index (χ2v) is 17.5. The summed E-state index contributed by atoms with van der Waals surface area (Å²) in [6, 6.07) is 56.1. The van der Waals surface area contributed by atoms with Crippen molar-refractivity contribution in [1.29, 1.82) is 0 Å². The lowest BCUT2D eigenvalue weighted by molar-refractivity contribution is 0.604. The molecule has 2 nitrogen and oxygen atoms in total. The van der Waals surface area contributed by atoms with Crippen LogP contribution in [0.2, 0.25) is 0 Å². The zero-order chi connectivity index (χ0) is 45.4. The van der Waals surface area contributed by atoms with E-state index in [-0.39, 0.29) is 5.92 Å². The topological polar surface area (TPSA) is 16.4 Å². The molecule has 7 aromatic carbocycles. The quantitative estimate of drug-likeness (QED) is 0.101. The van der Waals surface area contributed by atoms with Crippen LogP contribution in [0, 0.1) is 0 Å². The summed E-state index contributed by atoms with van der Waals surface area (Å²) in [6.07, 6.45) is 32.6. The molecular weight excluding hydrogens is 831 g/mol. The average molecular weight is 880 g/mol. The standard InChI is InChI=1S/C64H49NOS/c1-3-5-28-56(40-47-31-38-62-60(41-47)61-43-51-25-14-15-26-52(51)44-63(61)66-62)65(39-18-20-46(4-2)19-12-13-27-54-45-67-64-30-17-16-29-58(54)64)55-35-32-48(33-36-55)53-34-37-57(49-21-8-6-9-22-49)59(42-53)50-23-10-7-11-24-50/h3-32,34-45,48H,1-2,33H2/b19-12+,27-13-,28-5-,39-18+,46-20+,56-40-. The van der Waals surface area contributed by atoms with E-state index in [2.05, 4.69) is 254 Å². The lowest BCUT2D eigenvalue weighted by atomic mass is 9.86. The van der Waals surface area contributed by atoms with Crippen LogP contribution in [-0.2, 0) is 0 Å². The van der Waals surface area contributed by atoms with E-state index in [1.54, 1.807) is 11.3 Å². The first kappa shape index (κ1) is 42.7. The van der Waals surface area contributed by atoms with Gasteiger partial charge in [0.1, 0.15) is 11.2 Å². The molecule has 2 heterocycles. The van der Waals surface area contributed by atoms with Crippen LogP contribution in [0.3, 0.4) is 0 Å². The monoisotopic (exact) mass is 879 g/mol. The molecule has 0 bridgehead atoms. The predicted molar refractivity (Wildman–Crippen MR) is 290 cm³/mol. The Morgan fingerprint density at radius 3 is 2.16 bits per heavy atom. The van der Waals surface area contributed by atoms with Gasteiger partial charge in [-0.25, -0.2) is 0 Å². The van der Waals surface area contributed by atoms with Crippen molar-refractivity contribution in [2.75, 3.05) is 0 Å². The highest BCUT2D eigenvalue weighted by atomic mass is 32.1. The van der Waals surface area contributed by atoms with Crippen molar-refractivity contribution in [2.24, 2.45) is 0 Å². The third kappa shape index (κ3) is 9.46. The van der Waals surface area contributed by atoms with Crippen molar-refractivity contribution >= 4 is 66.3 Å².